The van der Waals surface area contributed by atoms with E-state index in [2.05, 4.69) is 5.32 Å². The molecule has 1 N–H and O–H groups in total. The molecule has 1 atom stereocenters. The van der Waals surface area contributed by atoms with Gasteiger partial charge in [-0.2, -0.15) is 0 Å². The number of hydrogen-bond donors (Lipinski definition) is 1. The molecule has 0 saturated heterocycles. The van der Waals surface area contributed by atoms with E-state index < -0.39 is 34.3 Å². The van der Waals surface area contributed by atoms with Crippen molar-refractivity contribution in [2.24, 2.45) is 0 Å². The van der Waals surface area contributed by atoms with Gasteiger partial charge in [0.15, 0.2) is 0 Å². The van der Waals surface area contributed by atoms with Gasteiger partial charge in [-0.05, 0) is 81.8 Å². The van der Waals surface area contributed by atoms with E-state index in [-0.39, 0.29) is 29.1 Å². The van der Waals surface area contributed by atoms with E-state index in [1.807, 2.05) is 51.1 Å². The first kappa shape index (κ1) is 29.6. The van der Waals surface area contributed by atoms with Crippen LogP contribution in [-0.2, 0) is 26.2 Å². The van der Waals surface area contributed by atoms with Crippen LogP contribution in [0.3, 0.4) is 0 Å². The minimum atomic E-state index is -4.26. The lowest BCUT2D eigenvalue weighted by atomic mass is 10.1. The molecule has 0 spiro atoms. The number of carbonyl (C=O) groups excluding carboxylic acids is 2. The molecule has 0 fully saturated rings. The number of hydrogen-bond acceptors (Lipinski definition) is 5. The summed E-state index contributed by atoms with van der Waals surface area (Å²) in [6.07, 6.45) is 0. The van der Waals surface area contributed by atoms with Crippen LogP contribution in [-0.4, -0.2) is 50.4 Å². The number of sulfonamides is 1. The van der Waals surface area contributed by atoms with Crippen molar-refractivity contribution < 1.29 is 27.1 Å². The van der Waals surface area contributed by atoms with E-state index >= 15 is 0 Å². The van der Waals surface area contributed by atoms with Crippen LogP contribution >= 0.6 is 0 Å². The van der Waals surface area contributed by atoms with Crippen molar-refractivity contribution in [1.29, 1.82) is 0 Å². The van der Waals surface area contributed by atoms with Gasteiger partial charge in [-0.3, -0.25) is 13.9 Å². The lowest BCUT2D eigenvalue weighted by molar-refractivity contribution is -0.139. The van der Waals surface area contributed by atoms with E-state index in [0.717, 1.165) is 22.0 Å². The molecule has 3 aromatic carbocycles. The third-order valence-electron chi connectivity index (χ3n) is 5.91. The van der Waals surface area contributed by atoms with Gasteiger partial charge >= 0.3 is 0 Å². The molecule has 8 nitrogen and oxygen atoms in total. The Bertz CT molecular complexity index is 1350. The highest BCUT2D eigenvalue weighted by Gasteiger charge is 2.32. The number of anilines is 1. The van der Waals surface area contributed by atoms with Crippen LogP contribution in [0.1, 0.15) is 33.3 Å². The molecule has 3 aromatic rings. The number of nitrogens with zero attached hydrogens (tertiary/aromatic N) is 2. The molecule has 0 saturated carbocycles. The molecule has 2 amide bonds. The number of benzene rings is 3. The highest BCUT2D eigenvalue weighted by molar-refractivity contribution is 7.92. The average Bonchev–Trinajstić information content (AvgIpc) is 2.91. The Morgan fingerprint density at radius 2 is 1.54 bits per heavy atom. The third-order valence-corrected chi connectivity index (χ3v) is 7.70. The van der Waals surface area contributed by atoms with E-state index in [9.17, 15) is 22.4 Å². The molecule has 0 aliphatic rings. The Morgan fingerprint density at radius 1 is 0.923 bits per heavy atom. The van der Waals surface area contributed by atoms with Gasteiger partial charge in [-0.25, -0.2) is 12.8 Å². The number of rotatable bonds is 12. The number of ether oxygens (including phenoxy) is 1. The maximum absolute atomic E-state index is 13.8. The van der Waals surface area contributed by atoms with E-state index in [1.165, 1.54) is 41.3 Å². The molecule has 39 heavy (non-hydrogen) atoms. The van der Waals surface area contributed by atoms with Gasteiger partial charge in [-0.15, -0.1) is 0 Å². The van der Waals surface area contributed by atoms with Gasteiger partial charge in [0.25, 0.3) is 10.0 Å². The summed E-state index contributed by atoms with van der Waals surface area (Å²) in [5, 5.41) is 2.81. The first-order chi connectivity index (χ1) is 18.5. The summed E-state index contributed by atoms with van der Waals surface area (Å²) >= 11 is 0. The Balaban J connectivity index is 2.00. The predicted molar refractivity (Wildman–Crippen MR) is 148 cm³/mol. The smallest absolute Gasteiger partial charge is 0.264 e. The van der Waals surface area contributed by atoms with Gasteiger partial charge in [0.05, 0.1) is 17.2 Å². The van der Waals surface area contributed by atoms with Gasteiger partial charge in [0.2, 0.25) is 11.8 Å². The van der Waals surface area contributed by atoms with Crippen molar-refractivity contribution in [3.8, 4) is 5.75 Å². The zero-order valence-corrected chi connectivity index (χ0v) is 23.3. The second-order valence-electron chi connectivity index (χ2n) is 9.24. The van der Waals surface area contributed by atoms with Gasteiger partial charge < -0.3 is 15.0 Å². The first-order valence-electron chi connectivity index (χ1n) is 12.7. The van der Waals surface area contributed by atoms with Crippen molar-refractivity contribution in [1.82, 2.24) is 10.2 Å². The van der Waals surface area contributed by atoms with Crippen molar-refractivity contribution in [3.63, 3.8) is 0 Å². The van der Waals surface area contributed by atoms with E-state index in [4.69, 9.17) is 4.74 Å². The van der Waals surface area contributed by atoms with Crippen molar-refractivity contribution in [2.45, 2.75) is 51.2 Å². The highest BCUT2D eigenvalue weighted by atomic mass is 32.2. The van der Waals surface area contributed by atoms with Gasteiger partial charge in [-0.1, -0.05) is 30.3 Å². The quantitative estimate of drug-likeness (QED) is 0.358. The molecule has 0 bridgehead atoms. The molecular weight excluding hydrogens is 521 g/mol. The number of carbonyl (C=O) groups is 2. The lowest BCUT2D eigenvalue weighted by Gasteiger charge is -2.32. The standard InChI is InChI=1S/C29H34FN3O5S/c1-5-38-26-15-17-27(18-16-26)39(36,37)33(25-13-11-24(30)12-14-25)20-28(34)32(19-23-9-7-6-8-10-23)22(4)29(35)31-21(2)3/h6-18,21-22H,5,19-20H2,1-4H3,(H,31,35)/t22-/m0/s1. The molecule has 10 heteroatoms. The van der Waals surface area contributed by atoms with Crippen LogP contribution in [0.5, 0.6) is 5.75 Å². The monoisotopic (exact) mass is 555 g/mol. The van der Waals surface area contributed by atoms with Crippen LogP contribution in [0.4, 0.5) is 10.1 Å². The van der Waals surface area contributed by atoms with Crippen molar-refractivity contribution in [3.05, 3.63) is 90.2 Å². The second-order valence-corrected chi connectivity index (χ2v) is 11.1. The summed E-state index contributed by atoms with van der Waals surface area (Å²) in [5.41, 5.74) is 0.885. The minimum Gasteiger partial charge on any atom is -0.494 e. The fourth-order valence-corrected chi connectivity index (χ4v) is 5.32. The van der Waals surface area contributed by atoms with Crippen LogP contribution in [0.15, 0.2) is 83.8 Å². The fraction of sp³-hybridized carbons (Fsp3) is 0.310. The minimum absolute atomic E-state index is 0.0664. The predicted octanol–water partition coefficient (Wildman–Crippen LogP) is 4.36. The van der Waals surface area contributed by atoms with Crippen molar-refractivity contribution >= 4 is 27.5 Å². The third kappa shape index (κ3) is 7.79. The zero-order chi connectivity index (χ0) is 28.6. The summed E-state index contributed by atoms with van der Waals surface area (Å²) in [7, 11) is -4.26. The summed E-state index contributed by atoms with van der Waals surface area (Å²) in [6, 6.07) is 18.8. The highest BCUT2D eigenvalue weighted by Crippen LogP contribution is 2.26. The lowest BCUT2D eigenvalue weighted by Crippen LogP contribution is -2.52. The molecule has 0 radical (unpaired) electrons. The summed E-state index contributed by atoms with van der Waals surface area (Å²) in [4.78, 5) is 28.0. The average molecular weight is 556 g/mol. The number of halogens is 1. The van der Waals surface area contributed by atoms with Crippen LogP contribution in [0.2, 0.25) is 0 Å². The maximum Gasteiger partial charge on any atom is 0.264 e. The van der Waals surface area contributed by atoms with Gasteiger partial charge in [0.1, 0.15) is 24.2 Å². The summed E-state index contributed by atoms with van der Waals surface area (Å²) in [5.74, 6) is -1.01. The molecule has 3 rings (SSSR count). The first-order valence-corrected chi connectivity index (χ1v) is 14.1. The number of nitrogens with one attached hydrogen (secondary N) is 1. The molecule has 0 unspecified atom stereocenters. The Labute approximate surface area is 229 Å². The molecule has 0 heterocycles. The van der Waals surface area contributed by atoms with E-state index in [0.29, 0.717) is 12.4 Å². The van der Waals surface area contributed by atoms with Gasteiger partial charge in [0, 0.05) is 12.6 Å². The summed E-state index contributed by atoms with van der Waals surface area (Å²) < 4.78 is 47.6. The van der Waals surface area contributed by atoms with Crippen molar-refractivity contribution in [2.75, 3.05) is 17.5 Å². The zero-order valence-electron chi connectivity index (χ0n) is 22.5. The van der Waals surface area contributed by atoms with E-state index in [1.54, 1.807) is 6.92 Å². The molecule has 0 aromatic heterocycles. The normalized spacial score (nSPS) is 12.1. The Kier molecular flexibility index (Phi) is 10.1. The Morgan fingerprint density at radius 3 is 2.10 bits per heavy atom. The maximum atomic E-state index is 13.8. The molecule has 208 valence electrons. The fourth-order valence-electron chi connectivity index (χ4n) is 3.91. The Hall–Kier alpha value is -3.92. The number of amides is 2. The summed E-state index contributed by atoms with van der Waals surface area (Å²) in [6.45, 7) is 6.95. The second kappa shape index (κ2) is 13.2. The largest absolute Gasteiger partial charge is 0.494 e. The van der Waals surface area contributed by atoms with Crippen LogP contribution in [0.25, 0.3) is 0 Å². The topological polar surface area (TPSA) is 96.0 Å². The molecular formula is C29H34FN3O5S. The van der Waals surface area contributed by atoms with Crippen LogP contribution < -0.4 is 14.4 Å². The molecule has 0 aliphatic heterocycles. The van der Waals surface area contributed by atoms with Crippen LogP contribution in [0, 0.1) is 5.82 Å². The molecule has 0 aliphatic carbocycles. The SMILES string of the molecule is CCOc1ccc(S(=O)(=O)N(CC(=O)N(Cc2ccccc2)[C@@H](C)C(=O)NC(C)C)c2ccc(F)cc2)cc1.